The van der Waals surface area contributed by atoms with Gasteiger partial charge in [0.25, 0.3) is 10.0 Å². The molecule has 1 amide bonds. The summed E-state index contributed by atoms with van der Waals surface area (Å²) in [5.74, 6) is -0.608. The molecule has 0 aromatic heterocycles. The highest BCUT2D eigenvalue weighted by atomic mass is 32.2. The van der Waals surface area contributed by atoms with Crippen LogP contribution in [0.25, 0.3) is 0 Å². The molecule has 0 saturated carbocycles. The van der Waals surface area contributed by atoms with E-state index in [1.54, 1.807) is 0 Å². The predicted molar refractivity (Wildman–Crippen MR) is 158 cm³/mol. The number of methoxy groups -OCH3 is 2. The molecule has 0 unspecified atom stereocenters. The minimum atomic E-state index is -4.77. The fourth-order valence-corrected chi connectivity index (χ4v) is 7.67. The van der Waals surface area contributed by atoms with Crippen LogP contribution in [0.1, 0.15) is 31.2 Å². The van der Waals surface area contributed by atoms with Gasteiger partial charge in [0.15, 0.2) is 11.5 Å². The zero-order valence-corrected chi connectivity index (χ0v) is 25.6. The first kappa shape index (κ1) is 33.1. The van der Waals surface area contributed by atoms with Crippen molar-refractivity contribution in [3.63, 3.8) is 0 Å². The van der Waals surface area contributed by atoms with Crippen LogP contribution in [0, 0.1) is 0 Å². The number of hydrogen-bond donors (Lipinski definition) is 1. The third-order valence-electron chi connectivity index (χ3n) is 7.03. The molecular formula is C29H32F3N3O7S2. The van der Waals surface area contributed by atoms with Crippen LogP contribution in [0.15, 0.2) is 76.5 Å². The van der Waals surface area contributed by atoms with Gasteiger partial charge < -0.3 is 14.8 Å². The number of ether oxygens (including phenoxy) is 2. The molecule has 1 aliphatic heterocycles. The number of hydrogen-bond acceptors (Lipinski definition) is 7. The standard InChI is InChI=1S/C29H32F3N3O7S2/c1-41-26-15-14-25(19-27(26)42-2)44(39,40)35(23-9-7-8-21(18-23)29(30,31)32)20-28(36)33-22-10-12-24(13-11-22)43(37,38)34-16-5-3-4-6-17-34/h7-15,18-19H,3-6,16-17,20H2,1-2H3,(H,33,36). The van der Waals surface area contributed by atoms with Crippen LogP contribution in [0.2, 0.25) is 0 Å². The fourth-order valence-electron chi connectivity index (χ4n) is 4.73. The second kappa shape index (κ2) is 13.4. The Hall–Kier alpha value is -3.82. The molecule has 0 atom stereocenters. The third-order valence-corrected chi connectivity index (χ3v) is 10.7. The van der Waals surface area contributed by atoms with Crippen molar-refractivity contribution in [2.24, 2.45) is 0 Å². The lowest BCUT2D eigenvalue weighted by Gasteiger charge is -2.25. The molecule has 1 heterocycles. The summed E-state index contributed by atoms with van der Waals surface area (Å²) in [6.45, 7) is -0.0622. The van der Waals surface area contributed by atoms with Gasteiger partial charge in [0.1, 0.15) is 6.54 Å². The second-order valence-corrected chi connectivity index (χ2v) is 13.8. The first-order valence-electron chi connectivity index (χ1n) is 13.6. The van der Waals surface area contributed by atoms with Crippen LogP contribution >= 0.6 is 0 Å². The van der Waals surface area contributed by atoms with Gasteiger partial charge in [-0.25, -0.2) is 16.8 Å². The van der Waals surface area contributed by atoms with E-state index in [2.05, 4.69) is 5.32 Å². The topological polar surface area (TPSA) is 122 Å². The summed E-state index contributed by atoms with van der Waals surface area (Å²) < 4.78 is 107. The lowest BCUT2D eigenvalue weighted by atomic mass is 10.2. The first-order valence-corrected chi connectivity index (χ1v) is 16.5. The third kappa shape index (κ3) is 7.45. The summed E-state index contributed by atoms with van der Waals surface area (Å²) in [6.07, 6.45) is -1.33. The van der Waals surface area contributed by atoms with Crippen molar-refractivity contribution in [2.75, 3.05) is 43.5 Å². The highest BCUT2D eigenvalue weighted by molar-refractivity contribution is 7.92. The molecule has 15 heteroatoms. The van der Waals surface area contributed by atoms with Crippen molar-refractivity contribution < 1.29 is 44.3 Å². The van der Waals surface area contributed by atoms with E-state index < -0.39 is 49.9 Å². The molecule has 0 bridgehead atoms. The number of sulfonamides is 2. The summed E-state index contributed by atoms with van der Waals surface area (Å²) in [5.41, 5.74) is -1.34. The number of halogens is 3. The van der Waals surface area contributed by atoms with Crippen molar-refractivity contribution in [1.29, 1.82) is 0 Å². The molecule has 3 aromatic carbocycles. The lowest BCUT2D eigenvalue weighted by molar-refractivity contribution is -0.137. The Kier molecular flexibility index (Phi) is 10.1. The van der Waals surface area contributed by atoms with E-state index >= 15 is 0 Å². The average Bonchev–Trinajstić information content (AvgIpc) is 3.30. The van der Waals surface area contributed by atoms with E-state index in [1.807, 2.05) is 0 Å². The van der Waals surface area contributed by atoms with Crippen LogP contribution in [0.3, 0.4) is 0 Å². The summed E-state index contributed by atoms with van der Waals surface area (Å²) in [7, 11) is -5.72. The van der Waals surface area contributed by atoms with Crippen LogP contribution in [-0.2, 0) is 31.0 Å². The lowest BCUT2D eigenvalue weighted by Crippen LogP contribution is -2.38. The molecule has 1 fully saturated rings. The zero-order valence-electron chi connectivity index (χ0n) is 24.0. The number of alkyl halides is 3. The Morgan fingerprint density at radius 1 is 0.841 bits per heavy atom. The second-order valence-electron chi connectivity index (χ2n) is 9.97. The largest absolute Gasteiger partial charge is 0.493 e. The Balaban J connectivity index is 1.62. The van der Waals surface area contributed by atoms with Crippen molar-refractivity contribution in [3.8, 4) is 11.5 Å². The molecule has 0 spiro atoms. The van der Waals surface area contributed by atoms with Crippen molar-refractivity contribution >= 4 is 37.3 Å². The van der Waals surface area contributed by atoms with Gasteiger partial charge in [0, 0.05) is 24.8 Å². The number of rotatable bonds is 10. The zero-order chi connectivity index (χ0) is 32.1. The predicted octanol–water partition coefficient (Wildman–Crippen LogP) is 5.12. The summed E-state index contributed by atoms with van der Waals surface area (Å²) >= 11 is 0. The van der Waals surface area contributed by atoms with Gasteiger partial charge in [-0.2, -0.15) is 17.5 Å². The number of anilines is 2. The van der Waals surface area contributed by atoms with E-state index in [9.17, 15) is 34.8 Å². The summed E-state index contributed by atoms with van der Waals surface area (Å²) in [4.78, 5) is 12.8. The SMILES string of the molecule is COc1ccc(S(=O)(=O)N(CC(=O)Nc2ccc(S(=O)(=O)N3CCCCCC3)cc2)c2cccc(C(F)(F)F)c2)cc1OC. The van der Waals surface area contributed by atoms with Crippen LogP contribution in [0.4, 0.5) is 24.5 Å². The van der Waals surface area contributed by atoms with Crippen LogP contribution < -0.4 is 19.1 Å². The molecule has 238 valence electrons. The quantitative estimate of drug-likeness (QED) is 0.322. The first-order chi connectivity index (χ1) is 20.8. The molecule has 1 saturated heterocycles. The molecular weight excluding hydrogens is 623 g/mol. The number of nitrogens with zero attached hydrogens (tertiary/aromatic N) is 2. The molecule has 1 N–H and O–H groups in total. The number of carbonyl (C=O) groups is 1. The maximum Gasteiger partial charge on any atom is 0.416 e. The van der Waals surface area contributed by atoms with Crippen LogP contribution in [0.5, 0.6) is 11.5 Å². The van der Waals surface area contributed by atoms with Crippen molar-refractivity contribution in [1.82, 2.24) is 4.31 Å². The van der Waals surface area contributed by atoms with E-state index in [4.69, 9.17) is 9.47 Å². The minimum Gasteiger partial charge on any atom is -0.493 e. The Labute approximate surface area is 254 Å². The number of benzene rings is 3. The molecule has 4 rings (SSSR count). The molecule has 0 aliphatic carbocycles. The van der Waals surface area contributed by atoms with Gasteiger partial charge in [0.2, 0.25) is 15.9 Å². The number of nitrogens with one attached hydrogen (secondary N) is 1. The number of carbonyl (C=O) groups excluding carboxylic acids is 1. The molecule has 0 radical (unpaired) electrons. The summed E-state index contributed by atoms with van der Waals surface area (Å²) in [6, 6.07) is 12.6. The van der Waals surface area contributed by atoms with Gasteiger partial charge >= 0.3 is 6.18 Å². The summed E-state index contributed by atoms with van der Waals surface area (Å²) in [5, 5.41) is 2.50. The molecule has 1 aliphatic rings. The minimum absolute atomic E-state index is 0.0408. The Bertz CT molecular complexity index is 1690. The molecule has 10 nitrogen and oxygen atoms in total. The van der Waals surface area contributed by atoms with Crippen molar-refractivity contribution in [2.45, 2.75) is 41.7 Å². The highest BCUT2D eigenvalue weighted by Gasteiger charge is 2.34. The Morgan fingerprint density at radius 3 is 2.05 bits per heavy atom. The van der Waals surface area contributed by atoms with Gasteiger partial charge in [-0.05, 0) is 67.4 Å². The van der Waals surface area contributed by atoms with Gasteiger partial charge in [0.05, 0.1) is 35.3 Å². The van der Waals surface area contributed by atoms with Crippen molar-refractivity contribution in [3.05, 3.63) is 72.3 Å². The monoisotopic (exact) mass is 655 g/mol. The van der Waals surface area contributed by atoms with E-state index in [-0.39, 0.29) is 27.0 Å². The van der Waals surface area contributed by atoms with E-state index in [1.165, 1.54) is 54.9 Å². The number of amides is 1. The van der Waals surface area contributed by atoms with Gasteiger partial charge in [-0.3, -0.25) is 9.10 Å². The molecule has 44 heavy (non-hydrogen) atoms. The molecule has 3 aromatic rings. The maximum atomic E-state index is 13.8. The van der Waals surface area contributed by atoms with Gasteiger partial charge in [-0.1, -0.05) is 18.9 Å². The van der Waals surface area contributed by atoms with E-state index in [0.29, 0.717) is 23.5 Å². The normalized spacial score (nSPS) is 14.8. The average molecular weight is 656 g/mol. The van der Waals surface area contributed by atoms with Gasteiger partial charge in [-0.15, -0.1) is 0 Å². The smallest absolute Gasteiger partial charge is 0.416 e. The Morgan fingerprint density at radius 2 is 1.45 bits per heavy atom. The highest BCUT2D eigenvalue weighted by Crippen LogP contribution is 2.35. The van der Waals surface area contributed by atoms with E-state index in [0.717, 1.165) is 49.9 Å². The fraction of sp³-hybridized carbons (Fsp3) is 0.345. The van der Waals surface area contributed by atoms with Crippen LogP contribution in [-0.4, -0.2) is 60.9 Å². The maximum absolute atomic E-state index is 13.8.